The average molecular weight is 571 g/mol. The molecule has 3 heterocycles. The molecule has 0 atom stereocenters. The molecule has 0 saturated carbocycles. The molecule has 2 aromatic carbocycles. The minimum absolute atomic E-state index is 0.0912. The molecule has 1 amide bonds. The number of rotatable bonds is 5. The highest BCUT2D eigenvalue weighted by molar-refractivity contribution is 7.93. The van der Waals surface area contributed by atoms with Crippen molar-refractivity contribution in [1.29, 1.82) is 0 Å². The number of para-hydroxylation sites is 1. The van der Waals surface area contributed by atoms with Crippen molar-refractivity contribution in [2.24, 2.45) is 0 Å². The Labute approximate surface area is 226 Å². The van der Waals surface area contributed by atoms with E-state index >= 15 is 0 Å². The molecule has 5 rings (SSSR count). The van der Waals surface area contributed by atoms with Gasteiger partial charge in [0.25, 0.3) is 26.0 Å². The van der Waals surface area contributed by atoms with Gasteiger partial charge in [0.1, 0.15) is 10.7 Å². The van der Waals surface area contributed by atoms with E-state index in [4.69, 9.17) is 4.55 Å². The van der Waals surface area contributed by atoms with Crippen LogP contribution < -0.4 is 9.62 Å². The van der Waals surface area contributed by atoms with Crippen molar-refractivity contribution in [2.45, 2.75) is 4.90 Å². The van der Waals surface area contributed by atoms with E-state index in [-0.39, 0.29) is 10.8 Å². The molecule has 0 spiro atoms. The van der Waals surface area contributed by atoms with Crippen LogP contribution in [-0.4, -0.2) is 79.6 Å². The standard InChI is InChI=1S/C24H22N6O3S.CH4O3S/c31-24(30-15-13-29(14-16-30)22-17-25-11-12-26-22)19-6-8-20(9-7-19)28-34(32,33)21-5-1-3-18-4-2-10-27-23(18)21;1-5(2,3)4/h1-12,17,28H,13-16H2;1H3,(H,2,3,4). The number of anilines is 2. The molecule has 4 aromatic rings. The molecule has 1 aliphatic heterocycles. The van der Waals surface area contributed by atoms with Gasteiger partial charge >= 0.3 is 0 Å². The highest BCUT2D eigenvalue weighted by Gasteiger charge is 2.23. The number of piperazine rings is 1. The molecule has 0 radical (unpaired) electrons. The van der Waals surface area contributed by atoms with E-state index < -0.39 is 20.1 Å². The lowest BCUT2D eigenvalue weighted by atomic mass is 10.1. The molecule has 39 heavy (non-hydrogen) atoms. The number of benzene rings is 2. The van der Waals surface area contributed by atoms with Crippen molar-refractivity contribution in [2.75, 3.05) is 42.1 Å². The summed E-state index contributed by atoms with van der Waals surface area (Å²) in [7, 11) is -7.52. The summed E-state index contributed by atoms with van der Waals surface area (Å²) in [5.74, 6) is 0.707. The highest BCUT2D eigenvalue weighted by atomic mass is 32.2. The lowest BCUT2D eigenvalue weighted by molar-refractivity contribution is 0.0746. The number of nitrogens with zero attached hydrogens (tertiary/aromatic N) is 5. The van der Waals surface area contributed by atoms with Crippen molar-refractivity contribution in [3.8, 4) is 0 Å². The monoisotopic (exact) mass is 570 g/mol. The van der Waals surface area contributed by atoms with Gasteiger partial charge in [-0.15, -0.1) is 0 Å². The van der Waals surface area contributed by atoms with Crippen molar-refractivity contribution < 1.29 is 26.2 Å². The molecule has 12 nitrogen and oxygen atoms in total. The Bertz CT molecular complexity index is 1650. The largest absolute Gasteiger partial charge is 0.352 e. The molecule has 204 valence electrons. The second-order valence-electron chi connectivity index (χ2n) is 8.59. The van der Waals surface area contributed by atoms with Crippen molar-refractivity contribution in [3.05, 3.63) is 84.9 Å². The molecule has 0 unspecified atom stereocenters. The normalized spacial score (nSPS) is 13.9. The van der Waals surface area contributed by atoms with Crippen LogP contribution in [0.15, 0.2) is 84.3 Å². The molecule has 2 aromatic heterocycles. The van der Waals surface area contributed by atoms with Crippen LogP contribution >= 0.6 is 0 Å². The van der Waals surface area contributed by atoms with Crippen LogP contribution in [0, 0.1) is 0 Å². The Hall–Kier alpha value is -4.14. The molecule has 0 bridgehead atoms. The Morgan fingerprint density at radius 3 is 2.18 bits per heavy atom. The fourth-order valence-corrected chi connectivity index (χ4v) is 5.20. The first-order chi connectivity index (χ1) is 18.5. The van der Waals surface area contributed by atoms with Crippen LogP contribution in [0.1, 0.15) is 10.4 Å². The van der Waals surface area contributed by atoms with Gasteiger partial charge in [0, 0.05) is 61.4 Å². The number of amides is 1. The summed E-state index contributed by atoms with van der Waals surface area (Å²) in [6.07, 6.45) is 7.28. The van der Waals surface area contributed by atoms with Crippen molar-refractivity contribution in [1.82, 2.24) is 19.9 Å². The Kier molecular flexibility index (Phi) is 8.38. The molecular formula is C25H26N6O6S2. The molecule has 1 fully saturated rings. The number of carbonyl (C=O) groups excluding carboxylic acids is 1. The van der Waals surface area contributed by atoms with Gasteiger partial charge in [0.15, 0.2) is 0 Å². The van der Waals surface area contributed by atoms with Gasteiger partial charge in [-0.1, -0.05) is 18.2 Å². The number of hydrogen-bond acceptors (Lipinski definition) is 9. The van der Waals surface area contributed by atoms with Crippen molar-refractivity contribution >= 4 is 48.5 Å². The quantitative estimate of drug-likeness (QED) is 0.340. The zero-order valence-corrected chi connectivity index (χ0v) is 22.5. The summed E-state index contributed by atoms with van der Waals surface area (Å²) in [6.45, 7) is 2.47. The minimum Gasteiger partial charge on any atom is -0.352 e. The summed E-state index contributed by atoms with van der Waals surface area (Å²) in [4.78, 5) is 29.5. The number of hydrogen-bond donors (Lipinski definition) is 2. The molecular weight excluding hydrogens is 544 g/mol. The summed E-state index contributed by atoms with van der Waals surface area (Å²) >= 11 is 0. The maximum atomic E-state index is 13.0. The first kappa shape index (κ1) is 27.9. The van der Waals surface area contributed by atoms with Gasteiger partial charge in [-0.3, -0.25) is 24.0 Å². The molecule has 2 N–H and O–H groups in total. The predicted octanol–water partition coefficient (Wildman–Crippen LogP) is 2.29. The van der Waals surface area contributed by atoms with E-state index in [2.05, 4.69) is 24.6 Å². The lowest BCUT2D eigenvalue weighted by Crippen LogP contribution is -2.49. The topological polar surface area (TPSA) is 163 Å². The van der Waals surface area contributed by atoms with E-state index in [0.717, 1.165) is 11.2 Å². The smallest absolute Gasteiger partial charge is 0.264 e. The summed E-state index contributed by atoms with van der Waals surface area (Å²) in [6, 6.07) is 15.1. The van der Waals surface area contributed by atoms with Gasteiger partial charge in [0.05, 0.1) is 18.0 Å². The molecule has 14 heteroatoms. The SMILES string of the molecule is CS(=O)(=O)O.O=C(c1ccc(NS(=O)(=O)c2cccc3cccnc23)cc1)N1CCN(c2cnccn2)CC1. The first-order valence-electron chi connectivity index (χ1n) is 11.7. The number of aromatic nitrogens is 3. The lowest BCUT2D eigenvalue weighted by Gasteiger charge is -2.35. The average Bonchev–Trinajstić information content (AvgIpc) is 2.92. The van der Waals surface area contributed by atoms with Crippen LogP contribution in [0.3, 0.4) is 0 Å². The van der Waals surface area contributed by atoms with Gasteiger partial charge in [-0.2, -0.15) is 8.42 Å². The van der Waals surface area contributed by atoms with Gasteiger partial charge in [-0.25, -0.2) is 13.4 Å². The van der Waals surface area contributed by atoms with Gasteiger partial charge in [-0.05, 0) is 36.4 Å². The fraction of sp³-hybridized carbons (Fsp3) is 0.200. The Morgan fingerprint density at radius 1 is 0.872 bits per heavy atom. The first-order valence-corrected chi connectivity index (χ1v) is 15.0. The van der Waals surface area contributed by atoms with E-state index in [1.807, 2.05) is 12.1 Å². The molecule has 1 saturated heterocycles. The second-order valence-corrected chi connectivity index (χ2v) is 11.7. The van der Waals surface area contributed by atoms with Crippen LogP contribution in [0.25, 0.3) is 10.9 Å². The number of carbonyl (C=O) groups is 1. The van der Waals surface area contributed by atoms with E-state index in [9.17, 15) is 21.6 Å². The molecule has 1 aliphatic rings. The van der Waals surface area contributed by atoms with E-state index in [1.54, 1.807) is 66.1 Å². The van der Waals surface area contributed by atoms with Gasteiger partial charge < -0.3 is 9.80 Å². The van der Waals surface area contributed by atoms with E-state index in [0.29, 0.717) is 49.2 Å². The molecule has 0 aliphatic carbocycles. The number of nitrogens with one attached hydrogen (secondary N) is 1. The minimum atomic E-state index is -3.85. The number of pyridine rings is 1. The Morgan fingerprint density at radius 2 is 1.54 bits per heavy atom. The Balaban J connectivity index is 0.000000648. The third kappa shape index (κ3) is 7.46. The third-order valence-corrected chi connectivity index (χ3v) is 7.12. The zero-order chi connectivity index (χ0) is 28.0. The maximum absolute atomic E-state index is 13.0. The third-order valence-electron chi connectivity index (χ3n) is 5.71. The van der Waals surface area contributed by atoms with Crippen LogP contribution in [-0.2, 0) is 20.1 Å². The highest BCUT2D eigenvalue weighted by Crippen LogP contribution is 2.24. The van der Waals surface area contributed by atoms with E-state index in [1.165, 1.54) is 6.07 Å². The second kappa shape index (κ2) is 11.7. The number of fused-ring (bicyclic) bond motifs is 1. The summed E-state index contributed by atoms with van der Waals surface area (Å²) < 4.78 is 54.4. The van der Waals surface area contributed by atoms with Crippen molar-refractivity contribution in [3.63, 3.8) is 0 Å². The van der Waals surface area contributed by atoms with Crippen LogP contribution in [0.4, 0.5) is 11.5 Å². The predicted molar refractivity (Wildman–Crippen MR) is 147 cm³/mol. The van der Waals surface area contributed by atoms with Crippen LogP contribution in [0.5, 0.6) is 0 Å². The summed E-state index contributed by atoms with van der Waals surface area (Å²) in [5.41, 5.74) is 1.28. The summed E-state index contributed by atoms with van der Waals surface area (Å²) in [5, 5.41) is 0.741. The zero-order valence-electron chi connectivity index (χ0n) is 20.9. The fourth-order valence-electron chi connectivity index (χ4n) is 3.96. The van der Waals surface area contributed by atoms with Gasteiger partial charge in [0.2, 0.25) is 0 Å². The van der Waals surface area contributed by atoms with Crippen LogP contribution in [0.2, 0.25) is 0 Å². The number of sulfonamides is 1. The maximum Gasteiger partial charge on any atom is 0.264 e.